The number of hydrogen-bond donors (Lipinski definition) is 2. The van der Waals surface area contributed by atoms with Gasteiger partial charge in [0.25, 0.3) is 5.91 Å². The van der Waals surface area contributed by atoms with Crippen LogP contribution in [-0.2, 0) is 11.3 Å². The molecule has 2 aromatic carbocycles. The van der Waals surface area contributed by atoms with Crippen molar-refractivity contribution in [2.75, 3.05) is 5.32 Å². The second kappa shape index (κ2) is 8.19. The molecule has 0 aliphatic heterocycles. The van der Waals surface area contributed by atoms with Gasteiger partial charge in [-0.3, -0.25) is 4.79 Å². The highest BCUT2D eigenvalue weighted by Gasteiger charge is 2.14. The summed E-state index contributed by atoms with van der Waals surface area (Å²) in [5.41, 5.74) is 1.29. The molecule has 2 aromatic heterocycles. The van der Waals surface area contributed by atoms with Crippen LogP contribution in [0.15, 0.2) is 74.5 Å². The number of hydrogen-bond acceptors (Lipinski definition) is 7. The second-order valence-corrected chi connectivity index (χ2v) is 6.76. The number of fused-ring (bicyclic) bond motifs is 1. The molecule has 0 radical (unpaired) electrons. The van der Waals surface area contributed by atoms with E-state index >= 15 is 0 Å². The monoisotopic (exact) mass is 419 g/mol. The number of furan rings is 1. The van der Waals surface area contributed by atoms with Gasteiger partial charge in [-0.1, -0.05) is 0 Å². The fourth-order valence-corrected chi connectivity index (χ4v) is 3.05. The van der Waals surface area contributed by atoms with Gasteiger partial charge >= 0.3 is 11.6 Å². The van der Waals surface area contributed by atoms with Gasteiger partial charge in [-0.25, -0.2) is 9.59 Å². The quantitative estimate of drug-likeness (QED) is 0.370. The number of phenols is 1. The third-order valence-electron chi connectivity index (χ3n) is 4.70. The van der Waals surface area contributed by atoms with E-state index in [0.717, 1.165) is 0 Å². The number of aromatic hydroxyl groups is 1. The number of esters is 1. The van der Waals surface area contributed by atoms with E-state index in [1.807, 2.05) is 0 Å². The van der Waals surface area contributed by atoms with Crippen molar-refractivity contribution in [3.8, 4) is 5.75 Å². The minimum atomic E-state index is -0.607. The van der Waals surface area contributed by atoms with Gasteiger partial charge < -0.3 is 24.0 Å². The van der Waals surface area contributed by atoms with Crippen LogP contribution in [0.1, 0.15) is 32.0 Å². The van der Waals surface area contributed by atoms with Crippen LogP contribution in [0.3, 0.4) is 0 Å². The summed E-state index contributed by atoms with van der Waals surface area (Å²) in [6, 6.07) is 13.6. The summed E-state index contributed by atoms with van der Waals surface area (Å²) in [7, 11) is 0. The Balaban J connectivity index is 1.46. The van der Waals surface area contributed by atoms with Crippen LogP contribution in [0.2, 0.25) is 0 Å². The number of phenolic OH excluding ortho intramolecular Hbond substituents is 1. The molecule has 4 aromatic rings. The lowest BCUT2D eigenvalue weighted by atomic mass is 10.1. The summed E-state index contributed by atoms with van der Waals surface area (Å²) in [4.78, 5) is 36.3. The average Bonchev–Trinajstić information content (AvgIpc) is 3.30. The first-order chi connectivity index (χ1) is 14.9. The number of ether oxygens (including phenoxy) is 1. The molecule has 0 fully saturated rings. The van der Waals surface area contributed by atoms with Crippen LogP contribution in [0.25, 0.3) is 11.0 Å². The van der Waals surface area contributed by atoms with Crippen molar-refractivity contribution in [1.82, 2.24) is 0 Å². The third-order valence-corrected chi connectivity index (χ3v) is 4.70. The zero-order chi connectivity index (χ0) is 22.0. The number of amides is 1. The predicted molar refractivity (Wildman–Crippen MR) is 111 cm³/mol. The Hall–Kier alpha value is -4.33. The van der Waals surface area contributed by atoms with Crippen molar-refractivity contribution >= 4 is 28.5 Å². The number of nitrogens with one attached hydrogen (secondary N) is 1. The molecule has 0 spiro atoms. The summed E-state index contributed by atoms with van der Waals surface area (Å²) in [6.45, 7) is 1.48. The fourth-order valence-electron chi connectivity index (χ4n) is 3.05. The van der Waals surface area contributed by atoms with Crippen LogP contribution in [-0.4, -0.2) is 17.0 Å². The topological polar surface area (TPSA) is 119 Å². The van der Waals surface area contributed by atoms with Gasteiger partial charge in [0.05, 0.1) is 11.8 Å². The zero-order valence-corrected chi connectivity index (χ0v) is 16.4. The molecule has 0 saturated carbocycles. The highest BCUT2D eigenvalue weighted by atomic mass is 16.5. The summed E-state index contributed by atoms with van der Waals surface area (Å²) in [5.74, 6) is -0.826. The Morgan fingerprint density at radius 2 is 1.87 bits per heavy atom. The van der Waals surface area contributed by atoms with E-state index in [1.165, 1.54) is 36.6 Å². The number of benzene rings is 2. The van der Waals surface area contributed by atoms with Gasteiger partial charge in [0, 0.05) is 28.3 Å². The second-order valence-electron chi connectivity index (χ2n) is 6.76. The summed E-state index contributed by atoms with van der Waals surface area (Å²) >= 11 is 0. The fraction of sp³-hybridized carbons (Fsp3) is 0.0870. The first-order valence-electron chi connectivity index (χ1n) is 9.30. The van der Waals surface area contributed by atoms with Gasteiger partial charge in [-0.2, -0.15) is 0 Å². The molecule has 8 nitrogen and oxygen atoms in total. The Morgan fingerprint density at radius 3 is 2.58 bits per heavy atom. The van der Waals surface area contributed by atoms with Gasteiger partial charge in [-0.05, 0) is 55.5 Å². The lowest BCUT2D eigenvalue weighted by Crippen LogP contribution is -2.11. The van der Waals surface area contributed by atoms with Gasteiger partial charge in [-0.15, -0.1) is 0 Å². The van der Waals surface area contributed by atoms with Gasteiger partial charge in [0.15, 0.2) is 5.76 Å². The van der Waals surface area contributed by atoms with E-state index in [0.29, 0.717) is 22.2 Å². The first kappa shape index (κ1) is 20.0. The molecule has 0 aliphatic carbocycles. The smallest absolute Gasteiger partial charge is 0.338 e. The van der Waals surface area contributed by atoms with Crippen LogP contribution in [0.4, 0.5) is 5.69 Å². The lowest BCUT2D eigenvalue weighted by Gasteiger charge is -2.10. The predicted octanol–water partition coefficient (Wildman–Crippen LogP) is 4.01. The van der Waals surface area contributed by atoms with Crippen LogP contribution in [0, 0.1) is 6.92 Å². The average molecular weight is 419 g/mol. The van der Waals surface area contributed by atoms with Crippen molar-refractivity contribution in [3.05, 3.63) is 93.7 Å². The molecule has 4 rings (SSSR count). The van der Waals surface area contributed by atoms with Gasteiger partial charge in [0.1, 0.15) is 17.9 Å². The molecule has 0 unspecified atom stereocenters. The maximum absolute atomic E-state index is 12.4. The van der Waals surface area contributed by atoms with E-state index in [1.54, 1.807) is 31.2 Å². The third kappa shape index (κ3) is 4.18. The lowest BCUT2D eigenvalue weighted by molar-refractivity contribution is 0.0473. The summed E-state index contributed by atoms with van der Waals surface area (Å²) in [6.07, 6.45) is 1.40. The number of anilines is 1. The molecule has 1 amide bonds. The molecule has 2 heterocycles. The number of aryl methyl sites for hydroxylation is 1. The maximum Gasteiger partial charge on any atom is 0.338 e. The van der Waals surface area contributed by atoms with E-state index in [-0.39, 0.29) is 29.3 Å². The molecule has 0 aliphatic rings. The van der Waals surface area contributed by atoms with Crippen molar-refractivity contribution in [1.29, 1.82) is 0 Å². The first-order valence-corrected chi connectivity index (χ1v) is 9.30. The van der Waals surface area contributed by atoms with Crippen LogP contribution in [0.5, 0.6) is 5.75 Å². The summed E-state index contributed by atoms with van der Waals surface area (Å²) < 4.78 is 15.5. The highest BCUT2D eigenvalue weighted by Crippen LogP contribution is 2.27. The number of carbonyl (C=O) groups is 2. The normalized spacial score (nSPS) is 10.7. The standard InChI is InChI=1S/C23H17NO7/c1-13-18(25)9-8-17-15(11-20(26)31-21(13)17)12-30-23(28)14-4-6-16(7-5-14)24-22(27)19-3-2-10-29-19/h2-11,25H,12H2,1H3,(H,24,27). The Labute approximate surface area is 175 Å². The Bertz CT molecular complexity index is 1320. The molecule has 0 atom stereocenters. The van der Waals surface area contributed by atoms with Crippen molar-refractivity contribution < 1.29 is 28.3 Å². The maximum atomic E-state index is 12.4. The van der Waals surface area contributed by atoms with Crippen molar-refractivity contribution in [3.63, 3.8) is 0 Å². The zero-order valence-electron chi connectivity index (χ0n) is 16.4. The molecule has 31 heavy (non-hydrogen) atoms. The van der Waals surface area contributed by atoms with Gasteiger partial charge in [0.2, 0.25) is 0 Å². The van der Waals surface area contributed by atoms with Crippen molar-refractivity contribution in [2.24, 2.45) is 0 Å². The van der Waals surface area contributed by atoms with Crippen molar-refractivity contribution in [2.45, 2.75) is 13.5 Å². The summed E-state index contributed by atoms with van der Waals surface area (Å²) in [5, 5.41) is 13.0. The molecule has 2 N–H and O–H groups in total. The highest BCUT2D eigenvalue weighted by molar-refractivity contribution is 6.02. The molecule has 0 bridgehead atoms. The Morgan fingerprint density at radius 1 is 1.10 bits per heavy atom. The number of carbonyl (C=O) groups excluding carboxylic acids is 2. The molecule has 156 valence electrons. The molecular weight excluding hydrogens is 402 g/mol. The van der Waals surface area contributed by atoms with E-state index in [9.17, 15) is 19.5 Å². The van der Waals surface area contributed by atoms with E-state index in [4.69, 9.17) is 13.6 Å². The SMILES string of the molecule is Cc1c(O)ccc2c(COC(=O)c3ccc(NC(=O)c4ccco4)cc3)cc(=O)oc12. The molecular formula is C23H17NO7. The number of rotatable bonds is 5. The molecule has 0 saturated heterocycles. The van der Waals surface area contributed by atoms with E-state index in [2.05, 4.69) is 5.32 Å². The minimum Gasteiger partial charge on any atom is -0.508 e. The Kier molecular flexibility index (Phi) is 5.28. The minimum absolute atomic E-state index is 0.00372. The largest absolute Gasteiger partial charge is 0.508 e. The molecule has 8 heteroatoms. The van der Waals surface area contributed by atoms with E-state index < -0.39 is 17.5 Å². The van der Waals surface area contributed by atoms with Crippen LogP contribution < -0.4 is 10.9 Å². The van der Waals surface area contributed by atoms with Crippen LogP contribution >= 0.6 is 0 Å².